The van der Waals surface area contributed by atoms with Crippen LogP contribution in [0.15, 0.2) is 6.07 Å². The summed E-state index contributed by atoms with van der Waals surface area (Å²) in [6.07, 6.45) is 0.684. The molecular formula is C18H22N2O3S. The number of amides is 3. The van der Waals surface area contributed by atoms with Crippen LogP contribution >= 0.6 is 11.8 Å². The average molecular weight is 346 g/mol. The predicted octanol–water partition coefficient (Wildman–Crippen LogP) is 2.74. The molecule has 2 aliphatic heterocycles. The van der Waals surface area contributed by atoms with Crippen molar-refractivity contribution in [2.45, 2.75) is 46.2 Å². The molecule has 2 aliphatic rings. The van der Waals surface area contributed by atoms with Crippen LogP contribution in [0.5, 0.6) is 0 Å². The highest BCUT2D eigenvalue weighted by atomic mass is 32.2. The van der Waals surface area contributed by atoms with Gasteiger partial charge in [-0.15, -0.1) is 0 Å². The highest BCUT2D eigenvalue weighted by Crippen LogP contribution is 2.35. The minimum absolute atomic E-state index is 0.00659. The molecule has 0 unspecified atom stereocenters. The van der Waals surface area contributed by atoms with E-state index < -0.39 is 5.54 Å². The number of nitrogens with one attached hydrogen (secondary N) is 1. The van der Waals surface area contributed by atoms with Crippen LogP contribution in [0.4, 0.5) is 4.79 Å². The van der Waals surface area contributed by atoms with E-state index in [1.807, 2.05) is 26.8 Å². The third-order valence-electron chi connectivity index (χ3n) is 5.07. The Morgan fingerprint density at radius 1 is 1.29 bits per heavy atom. The Morgan fingerprint density at radius 2 is 2.00 bits per heavy atom. The van der Waals surface area contributed by atoms with Gasteiger partial charge in [0.05, 0.1) is 6.54 Å². The SMILES string of the molecule is CC(=O)c1c(C)cc(C)c(CN2C(=O)N[C@@]3(CCSC3)C2=O)c1C. The summed E-state index contributed by atoms with van der Waals surface area (Å²) in [5, 5.41) is 2.89. The molecule has 3 rings (SSSR count). The number of urea groups is 1. The minimum atomic E-state index is -0.725. The Bertz CT molecular complexity index is 751. The number of carbonyl (C=O) groups is 3. The molecule has 0 aromatic heterocycles. The molecule has 0 radical (unpaired) electrons. The molecular weight excluding hydrogens is 324 g/mol. The number of rotatable bonds is 3. The van der Waals surface area contributed by atoms with Crippen LogP contribution in [0.2, 0.25) is 0 Å². The van der Waals surface area contributed by atoms with E-state index in [2.05, 4.69) is 5.32 Å². The van der Waals surface area contributed by atoms with E-state index in [1.165, 1.54) is 4.90 Å². The molecule has 0 aliphatic carbocycles. The van der Waals surface area contributed by atoms with Crippen molar-refractivity contribution in [1.82, 2.24) is 10.2 Å². The Kier molecular flexibility index (Phi) is 4.20. The summed E-state index contributed by atoms with van der Waals surface area (Å²) >= 11 is 1.69. The molecule has 2 saturated heterocycles. The van der Waals surface area contributed by atoms with Gasteiger partial charge in [0.15, 0.2) is 5.78 Å². The number of Topliss-reactive ketones (excluding diaryl/α,β-unsaturated/α-hetero) is 1. The van der Waals surface area contributed by atoms with Crippen molar-refractivity contribution >= 4 is 29.5 Å². The third kappa shape index (κ3) is 2.53. The number of thioether (sulfide) groups is 1. The van der Waals surface area contributed by atoms with Crippen molar-refractivity contribution in [1.29, 1.82) is 0 Å². The number of benzene rings is 1. The second kappa shape index (κ2) is 5.92. The summed E-state index contributed by atoms with van der Waals surface area (Å²) in [7, 11) is 0. The van der Waals surface area contributed by atoms with Crippen molar-refractivity contribution in [3.05, 3.63) is 33.9 Å². The fourth-order valence-corrected chi connectivity index (χ4v) is 5.15. The monoisotopic (exact) mass is 346 g/mol. The van der Waals surface area contributed by atoms with Gasteiger partial charge in [-0.2, -0.15) is 11.8 Å². The standard InChI is InChI=1S/C18H22N2O3S/c1-10-7-11(2)15(13(4)21)12(3)14(10)8-20-16(22)18(19-17(20)23)5-6-24-9-18/h7H,5-6,8-9H2,1-4H3,(H,19,23)/t18-/m1/s1. The first kappa shape index (κ1) is 17.0. The van der Waals surface area contributed by atoms with E-state index in [-0.39, 0.29) is 24.3 Å². The predicted molar refractivity (Wildman–Crippen MR) is 94.4 cm³/mol. The maximum Gasteiger partial charge on any atom is 0.325 e. The lowest BCUT2D eigenvalue weighted by Crippen LogP contribution is -2.46. The van der Waals surface area contributed by atoms with Gasteiger partial charge in [0, 0.05) is 11.3 Å². The summed E-state index contributed by atoms with van der Waals surface area (Å²) in [6, 6.07) is 1.63. The van der Waals surface area contributed by atoms with E-state index in [1.54, 1.807) is 18.7 Å². The second-order valence-electron chi connectivity index (χ2n) is 6.75. The molecule has 0 bridgehead atoms. The van der Waals surface area contributed by atoms with E-state index in [0.29, 0.717) is 17.7 Å². The Labute approximate surface area is 146 Å². The van der Waals surface area contributed by atoms with Crippen LogP contribution in [0.3, 0.4) is 0 Å². The lowest BCUT2D eigenvalue weighted by molar-refractivity contribution is -0.130. The van der Waals surface area contributed by atoms with Crippen molar-refractivity contribution < 1.29 is 14.4 Å². The fourth-order valence-electron chi connectivity index (χ4n) is 3.82. The van der Waals surface area contributed by atoms with Crippen LogP contribution in [-0.2, 0) is 11.3 Å². The maximum atomic E-state index is 12.8. The van der Waals surface area contributed by atoms with Crippen LogP contribution in [0.1, 0.15) is 46.0 Å². The van der Waals surface area contributed by atoms with Gasteiger partial charge in [-0.05, 0) is 62.1 Å². The molecule has 1 spiro atoms. The molecule has 5 nitrogen and oxygen atoms in total. The van der Waals surface area contributed by atoms with Gasteiger partial charge in [-0.3, -0.25) is 14.5 Å². The van der Waals surface area contributed by atoms with Gasteiger partial charge in [0.2, 0.25) is 0 Å². The van der Waals surface area contributed by atoms with Crippen molar-refractivity contribution in [2.75, 3.05) is 11.5 Å². The zero-order valence-corrected chi connectivity index (χ0v) is 15.3. The third-order valence-corrected chi connectivity index (χ3v) is 6.26. The lowest BCUT2D eigenvalue weighted by Gasteiger charge is -2.22. The summed E-state index contributed by atoms with van der Waals surface area (Å²) < 4.78 is 0. The number of hydrogen-bond acceptors (Lipinski definition) is 4. The topological polar surface area (TPSA) is 66.5 Å². The summed E-state index contributed by atoms with van der Waals surface area (Å²) in [5.41, 5.74) is 3.64. The van der Waals surface area contributed by atoms with Crippen LogP contribution in [0, 0.1) is 20.8 Å². The van der Waals surface area contributed by atoms with Crippen LogP contribution in [0.25, 0.3) is 0 Å². The molecule has 1 aromatic rings. The Balaban J connectivity index is 1.97. The van der Waals surface area contributed by atoms with Crippen molar-refractivity contribution in [3.8, 4) is 0 Å². The van der Waals surface area contributed by atoms with Crippen molar-refractivity contribution in [2.24, 2.45) is 0 Å². The molecule has 3 amide bonds. The molecule has 2 fully saturated rings. The minimum Gasteiger partial charge on any atom is -0.322 e. The molecule has 1 N–H and O–H groups in total. The van der Waals surface area contributed by atoms with Gasteiger partial charge < -0.3 is 5.32 Å². The molecule has 6 heteroatoms. The van der Waals surface area contributed by atoms with E-state index in [0.717, 1.165) is 28.0 Å². The molecule has 128 valence electrons. The average Bonchev–Trinajstić information content (AvgIpc) is 3.03. The quantitative estimate of drug-likeness (QED) is 0.675. The van der Waals surface area contributed by atoms with Gasteiger partial charge in [-0.25, -0.2) is 4.79 Å². The van der Waals surface area contributed by atoms with Gasteiger partial charge in [0.1, 0.15) is 5.54 Å². The number of imide groups is 1. The normalized spacial score (nSPS) is 23.2. The van der Waals surface area contributed by atoms with E-state index in [9.17, 15) is 14.4 Å². The number of ketones is 1. The highest BCUT2D eigenvalue weighted by Gasteiger charge is 2.52. The van der Waals surface area contributed by atoms with Gasteiger partial charge in [-0.1, -0.05) is 6.07 Å². The van der Waals surface area contributed by atoms with Crippen molar-refractivity contribution in [3.63, 3.8) is 0 Å². The number of carbonyl (C=O) groups excluding carboxylic acids is 3. The maximum absolute atomic E-state index is 12.8. The fraction of sp³-hybridized carbons (Fsp3) is 0.500. The molecule has 1 atom stereocenters. The molecule has 24 heavy (non-hydrogen) atoms. The summed E-state index contributed by atoms with van der Waals surface area (Å²) in [5.74, 6) is 1.39. The van der Waals surface area contributed by atoms with Gasteiger partial charge in [0.25, 0.3) is 5.91 Å². The number of nitrogens with zero attached hydrogens (tertiary/aromatic N) is 1. The zero-order chi connectivity index (χ0) is 17.6. The molecule has 2 heterocycles. The van der Waals surface area contributed by atoms with Crippen LogP contribution in [-0.4, -0.2) is 39.7 Å². The second-order valence-corrected chi connectivity index (χ2v) is 7.86. The Hall–Kier alpha value is -1.82. The first-order chi connectivity index (χ1) is 11.3. The smallest absolute Gasteiger partial charge is 0.322 e. The van der Waals surface area contributed by atoms with E-state index >= 15 is 0 Å². The van der Waals surface area contributed by atoms with Gasteiger partial charge >= 0.3 is 6.03 Å². The molecule has 0 saturated carbocycles. The highest BCUT2D eigenvalue weighted by molar-refractivity contribution is 7.99. The lowest BCUT2D eigenvalue weighted by atomic mass is 9.91. The molecule has 1 aromatic carbocycles. The van der Waals surface area contributed by atoms with Crippen LogP contribution < -0.4 is 5.32 Å². The zero-order valence-electron chi connectivity index (χ0n) is 14.5. The summed E-state index contributed by atoms with van der Waals surface area (Å²) in [6.45, 7) is 7.53. The Morgan fingerprint density at radius 3 is 2.58 bits per heavy atom. The first-order valence-electron chi connectivity index (χ1n) is 8.09. The van der Waals surface area contributed by atoms with E-state index in [4.69, 9.17) is 0 Å². The number of hydrogen-bond donors (Lipinski definition) is 1. The largest absolute Gasteiger partial charge is 0.325 e. The first-order valence-corrected chi connectivity index (χ1v) is 9.25. The number of aryl methyl sites for hydroxylation is 2. The summed E-state index contributed by atoms with van der Waals surface area (Å²) in [4.78, 5) is 38.5.